The second kappa shape index (κ2) is 14.8. The number of nitrogens with zero attached hydrogens (tertiary/aromatic N) is 1. The zero-order valence-corrected chi connectivity index (χ0v) is 25.7. The van der Waals surface area contributed by atoms with Crippen molar-refractivity contribution in [2.45, 2.75) is 53.9 Å². The summed E-state index contributed by atoms with van der Waals surface area (Å²) >= 11 is 23.4. The summed E-state index contributed by atoms with van der Waals surface area (Å²) in [4.78, 5) is 40.4. The second-order valence-electron chi connectivity index (χ2n) is 9.74. The first-order valence-electron chi connectivity index (χ1n) is 13.3. The summed E-state index contributed by atoms with van der Waals surface area (Å²) in [5.74, 6) is -1.45. The minimum Gasteiger partial charge on any atom is -0.448 e. The first kappa shape index (κ1) is 32.4. The van der Waals surface area contributed by atoms with E-state index < -0.39 is 52.3 Å². The van der Waals surface area contributed by atoms with Gasteiger partial charge in [0.25, 0.3) is 5.91 Å². The van der Waals surface area contributed by atoms with Gasteiger partial charge in [-0.2, -0.15) is 0 Å². The highest BCUT2D eigenvalue weighted by Gasteiger charge is 2.52. The van der Waals surface area contributed by atoms with E-state index in [0.717, 1.165) is 28.9 Å². The summed E-state index contributed by atoms with van der Waals surface area (Å²) < 4.78 is 20.6. The summed E-state index contributed by atoms with van der Waals surface area (Å²) in [5, 5.41) is 2.34. The van der Waals surface area contributed by atoms with E-state index in [1.807, 2.05) is 60.7 Å². The minimum absolute atomic E-state index is 0.0206. The summed E-state index contributed by atoms with van der Waals surface area (Å²) in [6, 6.07) is 17.2. The van der Waals surface area contributed by atoms with Crippen molar-refractivity contribution in [1.82, 2.24) is 10.2 Å². The van der Waals surface area contributed by atoms with Crippen LogP contribution in [0.2, 0.25) is 0 Å². The number of benzene rings is 2. The summed E-state index contributed by atoms with van der Waals surface area (Å²) in [5.41, 5.74) is 0.614. The molecule has 2 fully saturated rings. The van der Waals surface area contributed by atoms with Gasteiger partial charge in [-0.1, -0.05) is 107 Å². The fraction of sp³-hybridized carbons (Fsp3) is 0.414. The van der Waals surface area contributed by atoms with Crippen molar-refractivity contribution in [3.63, 3.8) is 0 Å². The average molecular weight is 660 g/mol. The molecular weight excluding hydrogens is 630 g/mol. The van der Waals surface area contributed by atoms with Crippen LogP contribution in [0.3, 0.4) is 0 Å². The van der Waals surface area contributed by atoms with Gasteiger partial charge in [0.05, 0.1) is 6.61 Å². The van der Waals surface area contributed by atoms with Crippen molar-refractivity contribution < 1.29 is 33.3 Å². The number of esters is 1. The summed E-state index contributed by atoms with van der Waals surface area (Å²) in [7, 11) is 0. The smallest absolute Gasteiger partial charge is 0.408 e. The van der Waals surface area contributed by atoms with Crippen molar-refractivity contribution in [2.75, 3.05) is 19.8 Å². The van der Waals surface area contributed by atoms with E-state index in [0.29, 0.717) is 18.6 Å². The number of ether oxygens (including phenoxy) is 4. The largest absolute Gasteiger partial charge is 0.448 e. The van der Waals surface area contributed by atoms with Crippen molar-refractivity contribution in [1.29, 1.82) is 0 Å². The first-order valence-corrected chi connectivity index (χ1v) is 14.8. The molecule has 2 amide bonds. The number of carbonyl (C=O) groups is 3. The van der Waals surface area contributed by atoms with Crippen LogP contribution >= 0.6 is 46.4 Å². The lowest BCUT2D eigenvalue weighted by Crippen LogP contribution is -2.68. The number of nitrogens with one attached hydrogen (secondary N) is 1. The standard InChI is InChI=1S/C29H30Cl4N2O7/c1-18(16-40-21-14-8-9-15-39-21)23(35-25(30)22(26(35)36)34-28(38)41-17-29(31,32)33)27(37)42-24(19-10-4-2-5-11-19)20-12-6-3-7-13-20/h2-7,10-13,21-22,24-25H,8-9,14-17H2,1H3,(H,34,38)/t21-,22-,25+/m1/s1. The molecule has 226 valence electrons. The molecule has 0 aliphatic carbocycles. The van der Waals surface area contributed by atoms with Crippen molar-refractivity contribution >= 4 is 64.4 Å². The van der Waals surface area contributed by atoms with Crippen LogP contribution < -0.4 is 5.32 Å². The van der Waals surface area contributed by atoms with Crippen LogP contribution in [-0.2, 0) is 28.5 Å². The van der Waals surface area contributed by atoms with Gasteiger partial charge in [-0.3, -0.25) is 9.69 Å². The summed E-state index contributed by atoms with van der Waals surface area (Å²) in [6.07, 6.45) is 0.380. The minimum atomic E-state index is -1.83. The highest BCUT2D eigenvalue weighted by Crippen LogP contribution is 2.34. The van der Waals surface area contributed by atoms with Crippen LogP contribution in [0.5, 0.6) is 0 Å². The molecule has 0 radical (unpaired) electrons. The predicted molar refractivity (Wildman–Crippen MR) is 158 cm³/mol. The van der Waals surface area contributed by atoms with Gasteiger partial charge in [0.2, 0.25) is 3.79 Å². The number of carbonyl (C=O) groups excluding carboxylic acids is 3. The van der Waals surface area contributed by atoms with Gasteiger partial charge < -0.3 is 24.3 Å². The van der Waals surface area contributed by atoms with E-state index in [4.69, 9.17) is 65.4 Å². The number of amides is 2. The number of alkyl halides is 4. The Balaban J connectivity index is 1.57. The van der Waals surface area contributed by atoms with Crippen LogP contribution in [0.25, 0.3) is 0 Å². The van der Waals surface area contributed by atoms with Crippen molar-refractivity contribution in [2.24, 2.45) is 0 Å². The molecule has 13 heteroatoms. The molecule has 2 heterocycles. The van der Waals surface area contributed by atoms with Crippen LogP contribution in [0, 0.1) is 0 Å². The molecule has 42 heavy (non-hydrogen) atoms. The van der Waals surface area contributed by atoms with Crippen LogP contribution in [0.1, 0.15) is 43.4 Å². The zero-order valence-electron chi connectivity index (χ0n) is 22.6. The van der Waals surface area contributed by atoms with Gasteiger partial charge in [0.1, 0.15) is 23.8 Å². The Kier molecular flexibility index (Phi) is 11.4. The molecule has 2 aromatic rings. The van der Waals surface area contributed by atoms with Crippen LogP contribution in [0.4, 0.5) is 4.79 Å². The van der Waals surface area contributed by atoms with Gasteiger partial charge in [0.15, 0.2) is 12.4 Å². The van der Waals surface area contributed by atoms with Gasteiger partial charge in [-0.25, -0.2) is 9.59 Å². The third kappa shape index (κ3) is 8.52. The molecule has 4 rings (SSSR count). The van der Waals surface area contributed by atoms with Gasteiger partial charge >= 0.3 is 12.1 Å². The van der Waals surface area contributed by atoms with E-state index in [2.05, 4.69) is 5.32 Å². The van der Waals surface area contributed by atoms with Gasteiger partial charge in [-0.15, -0.1) is 0 Å². The molecule has 2 aliphatic heterocycles. The lowest BCUT2D eigenvalue weighted by Gasteiger charge is -2.44. The zero-order chi connectivity index (χ0) is 30.3. The topological polar surface area (TPSA) is 103 Å². The number of hydrogen-bond acceptors (Lipinski definition) is 7. The van der Waals surface area contributed by atoms with E-state index >= 15 is 0 Å². The number of halogens is 4. The second-order valence-corrected chi connectivity index (χ2v) is 12.7. The lowest BCUT2D eigenvalue weighted by molar-refractivity contribution is -0.159. The molecule has 0 spiro atoms. The number of likely N-dealkylation sites (tertiary alicyclic amines) is 1. The molecule has 1 N–H and O–H groups in total. The van der Waals surface area contributed by atoms with E-state index in [-0.39, 0.29) is 12.3 Å². The maximum atomic E-state index is 13.9. The third-order valence-corrected chi connectivity index (χ3v) is 7.33. The molecular formula is C29H30Cl4N2O7. The highest BCUT2D eigenvalue weighted by molar-refractivity contribution is 6.67. The average Bonchev–Trinajstić information content (AvgIpc) is 2.99. The van der Waals surface area contributed by atoms with E-state index in [9.17, 15) is 14.4 Å². The SMILES string of the molecule is CC(CO[C@@H]1CCCCO1)=C(C(=O)OC(c1ccccc1)c1ccccc1)N1C(=O)[C@H](NC(=O)OCC(Cl)(Cl)Cl)[C@H]1Cl. The number of rotatable bonds is 10. The quantitative estimate of drug-likeness (QED) is 0.110. The monoisotopic (exact) mass is 658 g/mol. The Hall–Kier alpha value is -2.53. The molecule has 0 aromatic heterocycles. The Morgan fingerprint density at radius 3 is 2.19 bits per heavy atom. The highest BCUT2D eigenvalue weighted by atomic mass is 35.6. The maximum absolute atomic E-state index is 13.9. The fourth-order valence-corrected chi connectivity index (χ4v) is 5.02. The molecule has 9 nitrogen and oxygen atoms in total. The molecule has 2 aliphatic rings. The molecule has 0 saturated carbocycles. The molecule has 0 unspecified atom stereocenters. The van der Waals surface area contributed by atoms with E-state index in [1.54, 1.807) is 6.92 Å². The van der Waals surface area contributed by atoms with Gasteiger partial charge in [-0.05, 0) is 42.9 Å². The Bertz CT molecular complexity index is 1230. The molecule has 0 bridgehead atoms. The Morgan fingerprint density at radius 2 is 1.67 bits per heavy atom. The number of hydrogen-bond donors (Lipinski definition) is 1. The first-order chi connectivity index (χ1) is 20.0. The Morgan fingerprint density at radius 1 is 1.05 bits per heavy atom. The van der Waals surface area contributed by atoms with E-state index in [1.165, 1.54) is 0 Å². The van der Waals surface area contributed by atoms with Gasteiger partial charge in [0, 0.05) is 6.61 Å². The van der Waals surface area contributed by atoms with Crippen molar-refractivity contribution in [3.8, 4) is 0 Å². The van der Waals surface area contributed by atoms with Crippen molar-refractivity contribution in [3.05, 3.63) is 83.1 Å². The number of alkyl carbamates (subject to hydrolysis) is 1. The maximum Gasteiger partial charge on any atom is 0.408 e. The fourth-order valence-electron chi connectivity index (χ4n) is 4.49. The predicted octanol–water partition coefficient (Wildman–Crippen LogP) is 6.01. The molecule has 2 saturated heterocycles. The normalized spacial score (nSPS) is 21.3. The Labute approximate surface area is 263 Å². The van der Waals surface area contributed by atoms with Crippen LogP contribution in [0.15, 0.2) is 71.9 Å². The number of β-lactam (4-membered cyclic amide) rings is 1. The lowest BCUT2D eigenvalue weighted by atomic mass is 10.0. The molecule has 2 aromatic carbocycles. The molecule has 3 atom stereocenters. The third-order valence-electron chi connectivity index (χ3n) is 6.56. The summed E-state index contributed by atoms with van der Waals surface area (Å²) in [6.45, 7) is 1.66. The van der Waals surface area contributed by atoms with Crippen LogP contribution in [-0.4, -0.2) is 64.3 Å².